The molecule has 1 amide bonds. The third kappa shape index (κ3) is 2.93. The van der Waals surface area contributed by atoms with Crippen LogP contribution in [0.4, 0.5) is 5.69 Å². The Bertz CT molecular complexity index is 962. The van der Waals surface area contributed by atoms with Gasteiger partial charge in [0.1, 0.15) is 5.75 Å². The van der Waals surface area contributed by atoms with Crippen molar-refractivity contribution in [1.29, 1.82) is 0 Å². The third-order valence-corrected chi connectivity index (χ3v) is 3.43. The maximum Gasteiger partial charge on any atom is 0.273 e. The monoisotopic (exact) mass is 324 g/mol. The first-order valence-corrected chi connectivity index (χ1v) is 6.93. The minimum absolute atomic E-state index is 0.128. The van der Waals surface area contributed by atoms with Crippen LogP contribution in [-0.2, 0) is 0 Å². The predicted molar refractivity (Wildman–Crippen MR) is 88.1 cm³/mol. The molecule has 0 saturated heterocycles. The lowest BCUT2D eigenvalue weighted by Gasteiger charge is -2.00. The zero-order chi connectivity index (χ0) is 17.1. The number of nitrogens with one attached hydrogen (secondary N) is 2. The fourth-order valence-electron chi connectivity index (χ4n) is 2.24. The van der Waals surface area contributed by atoms with Crippen molar-refractivity contribution in [3.8, 4) is 5.75 Å². The molecule has 24 heavy (non-hydrogen) atoms. The normalized spacial score (nSPS) is 11.0. The molecule has 0 aliphatic carbocycles. The summed E-state index contributed by atoms with van der Waals surface area (Å²) in [6, 6.07) is 10.9. The first-order chi connectivity index (χ1) is 11.6. The molecule has 3 rings (SSSR count). The molecule has 1 heterocycles. The largest absolute Gasteiger partial charge is 0.507 e. The Labute approximate surface area is 135 Å². The fourth-order valence-corrected chi connectivity index (χ4v) is 2.24. The highest BCUT2D eigenvalue weighted by Crippen LogP contribution is 2.21. The number of aromatic amines is 1. The molecular weight excluding hydrogens is 312 g/mol. The van der Waals surface area contributed by atoms with Crippen molar-refractivity contribution in [1.82, 2.24) is 10.4 Å². The van der Waals surface area contributed by atoms with Gasteiger partial charge in [0.2, 0.25) is 0 Å². The van der Waals surface area contributed by atoms with Gasteiger partial charge in [0.05, 0.1) is 16.7 Å². The van der Waals surface area contributed by atoms with Gasteiger partial charge in [0.15, 0.2) is 0 Å². The van der Waals surface area contributed by atoms with Crippen LogP contribution >= 0.6 is 0 Å². The Morgan fingerprint density at radius 2 is 2.08 bits per heavy atom. The third-order valence-electron chi connectivity index (χ3n) is 3.43. The Morgan fingerprint density at radius 1 is 1.29 bits per heavy atom. The Kier molecular flexibility index (Phi) is 3.94. The summed E-state index contributed by atoms with van der Waals surface area (Å²) >= 11 is 0. The van der Waals surface area contributed by atoms with Crippen LogP contribution in [-0.4, -0.2) is 27.1 Å². The molecule has 1 aromatic heterocycles. The number of nitro groups is 1. The molecule has 0 radical (unpaired) electrons. The molecule has 0 aliphatic heterocycles. The van der Waals surface area contributed by atoms with Gasteiger partial charge in [-0.1, -0.05) is 18.2 Å². The Balaban J connectivity index is 1.78. The minimum Gasteiger partial charge on any atom is -0.507 e. The molecular formula is C16H12N4O4. The standard InChI is InChI=1S/C16H12N4O4/c21-15-6-5-11(20(23)24)7-10(15)8-18-19-16(22)13-9-17-14-4-2-1-3-12(13)14/h1-9,17,21H,(H,19,22). The number of hydrogen-bond acceptors (Lipinski definition) is 5. The number of benzene rings is 2. The van der Waals surface area contributed by atoms with Crippen LogP contribution in [0.1, 0.15) is 15.9 Å². The summed E-state index contributed by atoms with van der Waals surface area (Å²) in [5, 5.41) is 24.9. The molecule has 120 valence electrons. The molecule has 2 aromatic carbocycles. The summed E-state index contributed by atoms with van der Waals surface area (Å²) in [5.41, 5.74) is 3.52. The molecule has 0 bridgehead atoms. The highest BCUT2D eigenvalue weighted by Gasteiger charge is 2.11. The number of carbonyl (C=O) groups is 1. The maximum atomic E-state index is 12.2. The topological polar surface area (TPSA) is 121 Å². The van der Waals surface area contributed by atoms with Gasteiger partial charge in [0, 0.05) is 34.8 Å². The molecule has 0 atom stereocenters. The zero-order valence-electron chi connectivity index (χ0n) is 12.3. The molecule has 3 aromatic rings. The number of non-ortho nitro benzene ring substituents is 1. The van der Waals surface area contributed by atoms with E-state index in [1.165, 1.54) is 12.1 Å². The van der Waals surface area contributed by atoms with Crippen molar-refractivity contribution in [3.63, 3.8) is 0 Å². The number of para-hydroxylation sites is 1. The molecule has 0 spiro atoms. The van der Waals surface area contributed by atoms with Crippen molar-refractivity contribution in [2.24, 2.45) is 5.10 Å². The smallest absolute Gasteiger partial charge is 0.273 e. The summed E-state index contributed by atoms with van der Waals surface area (Å²) in [4.78, 5) is 25.3. The highest BCUT2D eigenvalue weighted by atomic mass is 16.6. The quantitative estimate of drug-likeness (QED) is 0.388. The van der Waals surface area contributed by atoms with E-state index in [-0.39, 0.29) is 17.0 Å². The fraction of sp³-hybridized carbons (Fsp3) is 0. The second kappa shape index (κ2) is 6.21. The van der Waals surface area contributed by atoms with E-state index in [2.05, 4.69) is 15.5 Å². The van der Waals surface area contributed by atoms with Gasteiger partial charge in [0.25, 0.3) is 11.6 Å². The number of H-pyrrole nitrogens is 1. The van der Waals surface area contributed by atoms with Crippen LogP contribution < -0.4 is 5.43 Å². The van der Waals surface area contributed by atoms with Gasteiger partial charge in [-0.2, -0.15) is 5.10 Å². The Hall–Kier alpha value is -3.68. The molecule has 0 unspecified atom stereocenters. The summed E-state index contributed by atoms with van der Waals surface area (Å²) in [5.74, 6) is -0.612. The van der Waals surface area contributed by atoms with Crippen LogP contribution in [0.15, 0.2) is 53.8 Å². The summed E-state index contributed by atoms with van der Waals surface area (Å²) in [7, 11) is 0. The second-order valence-corrected chi connectivity index (χ2v) is 4.95. The molecule has 3 N–H and O–H groups in total. The highest BCUT2D eigenvalue weighted by molar-refractivity contribution is 6.06. The van der Waals surface area contributed by atoms with Crippen molar-refractivity contribution in [2.75, 3.05) is 0 Å². The maximum absolute atomic E-state index is 12.2. The molecule has 8 heteroatoms. The number of hydrogen-bond donors (Lipinski definition) is 3. The number of phenolic OH excluding ortho intramolecular Hbond substituents is 1. The zero-order valence-corrected chi connectivity index (χ0v) is 12.3. The van der Waals surface area contributed by atoms with Crippen molar-refractivity contribution in [2.45, 2.75) is 0 Å². The number of amides is 1. The number of carbonyl (C=O) groups excluding carboxylic acids is 1. The molecule has 0 aliphatic rings. The lowest BCUT2D eigenvalue weighted by molar-refractivity contribution is -0.384. The molecule has 8 nitrogen and oxygen atoms in total. The molecule has 0 fully saturated rings. The average Bonchev–Trinajstić information content (AvgIpc) is 3.00. The second-order valence-electron chi connectivity index (χ2n) is 4.95. The van der Waals surface area contributed by atoms with Crippen LogP contribution in [0.3, 0.4) is 0 Å². The number of aromatic hydroxyl groups is 1. The van der Waals surface area contributed by atoms with Crippen molar-refractivity contribution >= 4 is 28.7 Å². The van der Waals surface area contributed by atoms with Gasteiger partial charge in [-0.05, 0) is 12.1 Å². The number of hydrazone groups is 1. The number of nitro benzene ring substituents is 1. The Morgan fingerprint density at radius 3 is 2.88 bits per heavy atom. The lowest BCUT2D eigenvalue weighted by Crippen LogP contribution is -2.17. The molecule has 0 saturated carbocycles. The number of fused-ring (bicyclic) bond motifs is 1. The number of rotatable bonds is 4. The first kappa shape index (κ1) is 15.2. The lowest BCUT2D eigenvalue weighted by atomic mass is 10.2. The SMILES string of the molecule is O=C(NN=Cc1cc([N+](=O)[O-])ccc1O)c1c[nH]c2ccccc12. The van der Waals surface area contributed by atoms with Gasteiger partial charge < -0.3 is 10.1 Å². The van der Waals surface area contributed by atoms with E-state index >= 15 is 0 Å². The van der Waals surface area contributed by atoms with Crippen LogP contribution in [0.2, 0.25) is 0 Å². The van der Waals surface area contributed by atoms with E-state index < -0.39 is 10.8 Å². The van der Waals surface area contributed by atoms with Gasteiger partial charge >= 0.3 is 0 Å². The van der Waals surface area contributed by atoms with Crippen LogP contribution in [0.25, 0.3) is 10.9 Å². The van der Waals surface area contributed by atoms with E-state index in [1.54, 1.807) is 12.3 Å². The average molecular weight is 324 g/mol. The van der Waals surface area contributed by atoms with E-state index in [1.807, 2.05) is 18.2 Å². The van der Waals surface area contributed by atoms with Gasteiger partial charge in [-0.15, -0.1) is 0 Å². The number of nitrogens with zero attached hydrogens (tertiary/aromatic N) is 2. The van der Waals surface area contributed by atoms with Gasteiger partial charge in [-0.3, -0.25) is 14.9 Å². The first-order valence-electron chi connectivity index (χ1n) is 6.93. The van der Waals surface area contributed by atoms with Crippen molar-refractivity contribution in [3.05, 3.63) is 69.9 Å². The van der Waals surface area contributed by atoms with E-state index in [0.717, 1.165) is 23.2 Å². The van der Waals surface area contributed by atoms with Crippen molar-refractivity contribution < 1.29 is 14.8 Å². The van der Waals surface area contributed by atoms with E-state index in [9.17, 15) is 20.0 Å². The summed E-state index contributed by atoms with van der Waals surface area (Å²) in [6.07, 6.45) is 2.72. The minimum atomic E-state index is -0.582. The summed E-state index contributed by atoms with van der Waals surface area (Å²) < 4.78 is 0. The van der Waals surface area contributed by atoms with E-state index in [0.29, 0.717) is 5.56 Å². The number of phenols is 1. The summed E-state index contributed by atoms with van der Waals surface area (Å²) in [6.45, 7) is 0. The number of aromatic nitrogens is 1. The predicted octanol–water partition coefficient (Wildman–Crippen LogP) is 2.55. The van der Waals surface area contributed by atoms with Crippen LogP contribution in [0.5, 0.6) is 5.75 Å². The van der Waals surface area contributed by atoms with E-state index in [4.69, 9.17) is 0 Å². The van der Waals surface area contributed by atoms with Gasteiger partial charge in [-0.25, -0.2) is 5.43 Å². The van der Waals surface area contributed by atoms with Crippen LogP contribution in [0, 0.1) is 10.1 Å².